The first-order chi connectivity index (χ1) is 6.75. The summed E-state index contributed by atoms with van der Waals surface area (Å²) in [7, 11) is 1.93. The van der Waals surface area contributed by atoms with E-state index in [1.165, 1.54) is 0 Å². The van der Waals surface area contributed by atoms with E-state index in [4.69, 9.17) is 23.2 Å². The molecule has 0 bridgehead atoms. The summed E-state index contributed by atoms with van der Waals surface area (Å²) in [5, 5.41) is 4.45. The lowest BCUT2D eigenvalue weighted by atomic mass is 10.2. The van der Waals surface area contributed by atoms with E-state index in [-0.39, 0.29) is 0 Å². The van der Waals surface area contributed by atoms with E-state index in [2.05, 4.69) is 11.4 Å². The molecule has 0 unspecified atom stereocenters. The molecule has 1 rings (SSSR count). The third kappa shape index (κ3) is 3.33. The van der Waals surface area contributed by atoms with Gasteiger partial charge in [-0.15, -0.1) is 0 Å². The number of halogens is 2. The molecule has 1 N–H and O–H groups in total. The Morgan fingerprint density at radius 3 is 2.50 bits per heavy atom. The van der Waals surface area contributed by atoms with Crippen molar-refractivity contribution in [2.75, 3.05) is 13.6 Å². The number of rotatable bonds is 4. The molecule has 0 aliphatic carbocycles. The van der Waals surface area contributed by atoms with E-state index in [1.807, 2.05) is 31.3 Å². The second-order valence-corrected chi connectivity index (χ2v) is 3.74. The van der Waals surface area contributed by atoms with Gasteiger partial charge in [0.05, 0.1) is 0 Å². The molecule has 3 heteroatoms. The van der Waals surface area contributed by atoms with Gasteiger partial charge >= 0.3 is 0 Å². The van der Waals surface area contributed by atoms with Gasteiger partial charge in [-0.25, -0.2) is 0 Å². The van der Waals surface area contributed by atoms with E-state index in [0.717, 1.165) is 18.5 Å². The van der Waals surface area contributed by atoms with Gasteiger partial charge in [0.2, 0.25) is 0 Å². The summed E-state index contributed by atoms with van der Waals surface area (Å²) in [6.45, 7) is 0.957. The van der Waals surface area contributed by atoms with Crippen LogP contribution >= 0.6 is 23.2 Å². The molecule has 0 atom stereocenters. The van der Waals surface area contributed by atoms with Crippen molar-refractivity contribution in [3.63, 3.8) is 0 Å². The molecule has 0 saturated heterocycles. The molecule has 1 aromatic rings. The van der Waals surface area contributed by atoms with E-state index in [1.54, 1.807) is 0 Å². The van der Waals surface area contributed by atoms with Crippen LogP contribution in [-0.2, 0) is 0 Å². The summed E-state index contributed by atoms with van der Waals surface area (Å²) in [6, 6.07) is 5.52. The van der Waals surface area contributed by atoms with Crippen LogP contribution in [0.2, 0.25) is 10.0 Å². The predicted molar refractivity (Wildman–Crippen MR) is 64.0 cm³/mol. The summed E-state index contributed by atoms with van der Waals surface area (Å²) >= 11 is 12.0. The Hall–Kier alpha value is -0.500. The van der Waals surface area contributed by atoms with E-state index < -0.39 is 0 Å². The normalized spacial score (nSPS) is 11.1. The Bertz CT molecular complexity index is 301. The van der Waals surface area contributed by atoms with Gasteiger partial charge in [-0.05, 0) is 32.1 Å². The zero-order valence-electron chi connectivity index (χ0n) is 8.06. The summed E-state index contributed by atoms with van der Waals surface area (Å²) in [4.78, 5) is 0. The van der Waals surface area contributed by atoms with Crippen LogP contribution in [0.3, 0.4) is 0 Å². The highest BCUT2D eigenvalue weighted by Crippen LogP contribution is 2.25. The van der Waals surface area contributed by atoms with Crippen molar-refractivity contribution in [2.24, 2.45) is 0 Å². The lowest BCUT2D eigenvalue weighted by molar-refractivity contribution is 0.809. The highest BCUT2D eigenvalue weighted by Gasteiger charge is 1.99. The molecule has 0 radical (unpaired) electrons. The molecule has 14 heavy (non-hydrogen) atoms. The van der Waals surface area contributed by atoms with Crippen molar-refractivity contribution < 1.29 is 0 Å². The van der Waals surface area contributed by atoms with Crippen LogP contribution < -0.4 is 5.32 Å². The molecule has 0 amide bonds. The second kappa shape index (κ2) is 6.07. The quantitative estimate of drug-likeness (QED) is 0.779. The largest absolute Gasteiger partial charge is 0.319 e. The van der Waals surface area contributed by atoms with Gasteiger partial charge in [-0.1, -0.05) is 41.4 Å². The number of hydrogen-bond acceptors (Lipinski definition) is 1. The van der Waals surface area contributed by atoms with Gasteiger partial charge in [0.15, 0.2) is 0 Å². The monoisotopic (exact) mass is 229 g/mol. The molecule has 0 aromatic heterocycles. The Morgan fingerprint density at radius 2 is 1.93 bits per heavy atom. The molecule has 1 nitrogen and oxygen atoms in total. The van der Waals surface area contributed by atoms with Crippen molar-refractivity contribution in [2.45, 2.75) is 6.42 Å². The third-order valence-electron chi connectivity index (χ3n) is 1.85. The molecule has 0 saturated carbocycles. The minimum Gasteiger partial charge on any atom is -0.319 e. The van der Waals surface area contributed by atoms with Gasteiger partial charge in [0.25, 0.3) is 0 Å². The first kappa shape index (κ1) is 11.6. The van der Waals surface area contributed by atoms with Gasteiger partial charge in [0.1, 0.15) is 0 Å². The molecule has 0 heterocycles. The van der Waals surface area contributed by atoms with Crippen LogP contribution in [0.15, 0.2) is 24.3 Å². The first-order valence-corrected chi connectivity index (χ1v) is 5.26. The summed E-state index contributed by atoms with van der Waals surface area (Å²) in [6.07, 6.45) is 4.99. The molecule has 0 aliphatic rings. The zero-order chi connectivity index (χ0) is 10.4. The molecular weight excluding hydrogens is 217 g/mol. The Balaban J connectivity index is 2.70. The lowest BCUT2D eigenvalue weighted by Gasteiger charge is -2.00. The van der Waals surface area contributed by atoms with Crippen molar-refractivity contribution >= 4 is 29.3 Å². The maximum atomic E-state index is 5.99. The molecule has 76 valence electrons. The lowest BCUT2D eigenvalue weighted by Crippen LogP contribution is -2.05. The maximum absolute atomic E-state index is 5.99. The topological polar surface area (TPSA) is 12.0 Å². The number of hydrogen-bond donors (Lipinski definition) is 1. The highest BCUT2D eigenvalue weighted by molar-refractivity contribution is 6.37. The molecule has 1 aromatic carbocycles. The van der Waals surface area contributed by atoms with Gasteiger partial charge in [-0.3, -0.25) is 0 Å². The third-order valence-corrected chi connectivity index (χ3v) is 2.50. The Morgan fingerprint density at radius 1 is 1.29 bits per heavy atom. The highest BCUT2D eigenvalue weighted by atomic mass is 35.5. The Labute approximate surface area is 94.7 Å². The van der Waals surface area contributed by atoms with Crippen molar-refractivity contribution in [3.8, 4) is 0 Å². The Kier molecular flexibility index (Phi) is 5.02. The van der Waals surface area contributed by atoms with Gasteiger partial charge < -0.3 is 5.32 Å². The fourth-order valence-electron chi connectivity index (χ4n) is 1.10. The summed E-state index contributed by atoms with van der Waals surface area (Å²) in [5.41, 5.74) is 0.895. The number of benzene rings is 1. The zero-order valence-corrected chi connectivity index (χ0v) is 9.57. The van der Waals surface area contributed by atoms with E-state index in [9.17, 15) is 0 Å². The first-order valence-electron chi connectivity index (χ1n) is 4.51. The number of nitrogens with one attached hydrogen (secondary N) is 1. The average Bonchev–Trinajstić information content (AvgIpc) is 2.16. The van der Waals surface area contributed by atoms with Gasteiger partial charge in [0, 0.05) is 15.6 Å². The van der Waals surface area contributed by atoms with Crippen molar-refractivity contribution in [3.05, 3.63) is 39.9 Å². The standard InChI is InChI=1S/C11H13Cl2N/c1-14-8-3-2-5-9-10(12)6-4-7-11(9)13/h2,4-7,14H,3,8H2,1H3. The minimum absolute atomic E-state index is 0.693. The van der Waals surface area contributed by atoms with Crippen molar-refractivity contribution in [1.82, 2.24) is 5.32 Å². The van der Waals surface area contributed by atoms with Gasteiger partial charge in [-0.2, -0.15) is 0 Å². The van der Waals surface area contributed by atoms with Crippen LogP contribution in [0.1, 0.15) is 12.0 Å². The van der Waals surface area contributed by atoms with Crippen LogP contribution in [0.4, 0.5) is 0 Å². The van der Waals surface area contributed by atoms with Crippen LogP contribution in [-0.4, -0.2) is 13.6 Å². The van der Waals surface area contributed by atoms with E-state index in [0.29, 0.717) is 10.0 Å². The fourth-order valence-corrected chi connectivity index (χ4v) is 1.62. The summed E-state index contributed by atoms with van der Waals surface area (Å²) < 4.78 is 0. The SMILES string of the molecule is CNCCC=Cc1c(Cl)cccc1Cl. The van der Waals surface area contributed by atoms with Crippen LogP contribution in [0.5, 0.6) is 0 Å². The molecular formula is C11H13Cl2N. The smallest absolute Gasteiger partial charge is 0.0493 e. The van der Waals surface area contributed by atoms with Crippen LogP contribution in [0, 0.1) is 0 Å². The fraction of sp³-hybridized carbons (Fsp3) is 0.273. The molecule has 0 aliphatic heterocycles. The summed E-state index contributed by atoms with van der Waals surface area (Å²) in [5.74, 6) is 0. The molecule has 0 fully saturated rings. The van der Waals surface area contributed by atoms with Crippen LogP contribution in [0.25, 0.3) is 6.08 Å². The predicted octanol–water partition coefficient (Wildman–Crippen LogP) is 3.62. The van der Waals surface area contributed by atoms with E-state index >= 15 is 0 Å². The second-order valence-electron chi connectivity index (χ2n) is 2.93. The average molecular weight is 230 g/mol. The van der Waals surface area contributed by atoms with Crippen molar-refractivity contribution in [1.29, 1.82) is 0 Å². The minimum atomic E-state index is 0.693. The molecule has 0 spiro atoms. The maximum Gasteiger partial charge on any atom is 0.0493 e.